The molecule has 3 heterocycles. The SMILES string of the molecule is O=C(NCCc1ccco1)c1ccc(N2CCCC2)c(S(=O)(=O)N2CCCC2)c1. The maximum absolute atomic E-state index is 13.3. The molecule has 1 N–H and O–H groups in total. The summed E-state index contributed by atoms with van der Waals surface area (Å²) in [7, 11) is -3.62. The Morgan fingerprint density at radius 3 is 2.45 bits per heavy atom. The number of carbonyl (C=O) groups excluding carboxylic acids is 1. The molecule has 0 saturated carbocycles. The van der Waals surface area contributed by atoms with Crippen molar-refractivity contribution in [3.05, 3.63) is 47.9 Å². The molecule has 156 valence electrons. The average Bonchev–Trinajstić information content (AvgIpc) is 3.51. The standard InChI is InChI=1S/C21H27N3O4S/c25-21(22-10-9-18-6-5-15-28-18)17-7-8-19(23-11-1-2-12-23)20(16-17)29(26,27)24-13-3-4-14-24/h5-8,15-16H,1-4,9-14H2,(H,22,25). The van der Waals surface area contributed by atoms with E-state index >= 15 is 0 Å². The fourth-order valence-corrected chi connectivity index (χ4v) is 5.76. The molecule has 0 aliphatic carbocycles. The van der Waals surface area contributed by atoms with Crippen molar-refractivity contribution < 1.29 is 17.6 Å². The minimum atomic E-state index is -3.62. The maximum Gasteiger partial charge on any atom is 0.251 e. The number of hydrogen-bond donors (Lipinski definition) is 1. The van der Waals surface area contributed by atoms with Crippen molar-refractivity contribution in [1.82, 2.24) is 9.62 Å². The molecule has 1 amide bonds. The molecule has 1 aromatic heterocycles. The third-order valence-electron chi connectivity index (χ3n) is 5.59. The van der Waals surface area contributed by atoms with E-state index in [1.54, 1.807) is 28.8 Å². The van der Waals surface area contributed by atoms with Crippen LogP contribution in [0.5, 0.6) is 0 Å². The zero-order valence-electron chi connectivity index (χ0n) is 16.5. The molecule has 0 unspecified atom stereocenters. The normalized spacial score (nSPS) is 17.7. The van der Waals surface area contributed by atoms with Gasteiger partial charge in [0.15, 0.2) is 0 Å². The summed E-state index contributed by atoms with van der Waals surface area (Å²) in [6.45, 7) is 3.20. The van der Waals surface area contributed by atoms with Gasteiger partial charge in [0.25, 0.3) is 5.91 Å². The second-order valence-corrected chi connectivity index (χ2v) is 9.48. The smallest absolute Gasteiger partial charge is 0.251 e. The van der Waals surface area contributed by atoms with Crippen LogP contribution in [-0.4, -0.2) is 51.4 Å². The molecule has 0 atom stereocenters. The summed E-state index contributed by atoms with van der Waals surface area (Å²) < 4.78 is 33.4. The van der Waals surface area contributed by atoms with Crippen LogP contribution in [0, 0.1) is 0 Å². The van der Waals surface area contributed by atoms with Gasteiger partial charge in [0.05, 0.1) is 12.0 Å². The Kier molecular flexibility index (Phi) is 5.91. The van der Waals surface area contributed by atoms with Crippen LogP contribution >= 0.6 is 0 Å². The molecule has 0 radical (unpaired) electrons. The van der Waals surface area contributed by atoms with E-state index in [0.29, 0.717) is 37.3 Å². The van der Waals surface area contributed by atoms with Gasteiger partial charge < -0.3 is 14.6 Å². The monoisotopic (exact) mass is 417 g/mol. The lowest BCUT2D eigenvalue weighted by Crippen LogP contribution is -2.31. The molecule has 2 fully saturated rings. The predicted molar refractivity (Wildman–Crippen MR) is 111 cm³/mol. The third-order valence-corrected chi connectivity index (χ3v) is 7.52. The van der Waals surface area contributed by atoms with Crippen LogP contribution in [0.1, 0.15) is 41.8 Å². The molecular weight excluding hydrogens is 390 g/mol. The number of benzene rings is 1. The highest BCUT2D eigenvalue weighted by Crippen LogP contribution is 2.32. The van der Waals surface area contributed by atoms with E-state index in [-0.39, 0.29) is 10.8 Å². The van der Waals surface area contributed by atoms with Crippen LogP contribution in [0.4, 0.5) is 5.69 Å². The van der Waals surface area contributed by atoms with Crippen LogP contribution < -0.4 is 10.2 Å². The highest BCUT2D eigenvalue weighted by Gasteiger charge is 2.32. The summed E-state index contributed by atoms with van der Waals surface area (Å²) in [4.78, 5) is 15.0. The number of nitrogens with one attached hydrogen (secondary N) is 1. The quantitative estimate of drug-likeness (QED) is 0.749. The zero-order valence-corrected chi connectivity index (χ0v) is 17.3. The Hall–Kier alpha value is -2.32. The maximum atomic E-state index is 13.3. The number of furan rings is 1. The van der Waals surface area contributed by atoms with Gasteiger partial charge in [-0.1, -0.05) is 0 Å². The van der Waals surface area contributed by atoms with Crippen LogP contribution in [0.25, 0.3) is 0 Å². The number of amides is 1. The van der Waals surface area contributed by atoms with E-state index in [1.165, 1.54) is 0 Å². The third kappa shape index (κ3) is 4.33. The van der Waals surface area contributed by atoms with Gasteiger partial charge in [-0.25, -0.2) is 8.42 Å². The van der Waals surface area contributed by atoms with Crippen LogP contribution in [-0.2, 0) is 16.4 Å². The average molecular weight is 418 g/mol. The van der Waals surface area contributed by atoms with Crippen molar-refractivity contribution >= 4 is 21.6 Å². The Bertz CT molecular complexity index is 944. The van der Waals surface area contributed by atoms with E-state index in [2.05, 4.69) is 10.2 Å². The van der Waals surface area contributed by atoms with Gasteiger partial charge in [0, 0.05) is 44.7 Å². The van der Waals surface area contributed by atoms with E-state index in [9.17, 15) is 13.2 Å². The Balaban J connectivity index is 1.57. The van der Waals surface area contributed by atoms with Gasteiger partial charge in [-0.2, -0.15) is 4.31 Å². The van der Waals surface area contributed by atoms with Crippen LogP contribution in [0.2, 0.25) is 0 Å². The lowest BCUT2D eigenvalue weighted by molar-refractivity contribution is 0.0953. The van der Waals surface area contributed by atoms with Crippen molar-refractivity contribution in [1.29, 1.82) is 0 Å². The Morgan fingerprint density at radius 2 is 1.76 bits per heavy atom. The lowest BCUT2D eigenvalue weighted by atomic mass is 10.1. The topological polar surface area (TPSA) is 82.9 Å². The minimum absolute atomic E-state index is 0.250. The molecule has 8 heteroatoms. The molecule has 2 aromatic rings. The summed E-state index contributed by atoms with van der Waals surface area (Å²) in [5, 5.41) is 2.85. The van der Waals surface area contributed by atoms with Crippen molar-refractivity contribution in [2.24, 2.45) is 0 Å². The molecule has 4 rings (SSSR count). The van der Waals surface area contributed by atoms with Crippen molar-refractivity contribution in [3.63, 3.8) is 0 Å². The number of carbonyl (C=O) groups is 1. The first-order chi connectivity index (χ1) is 14.1. The summed E-state index contributed by atoms with van der Waals surface area (Å²) in [5.41, 5.74) is 1.08. The highest BCUT2D eigenvalue weighted by molar-refractivity contribution is 7.89. The molecule has 29 heavy (non-hydrogen) atoms. The Morgan fingerprint density at radius 1 is 1.03 bits per heavy atom. The summed E-state index contributed by atoms with van der Waals surface area (Å²) in [6.07, 6.45) is 6.06. The zero-order chi connectivity index (χ0) is 20.3. The van der Waals surface area contributed by atoms with Gasteiger partial charge in [-0.3, -0.25) is 4.79 Å². The molecule has 0 spiro atoms. The van der Waals surface area contributed by atoms with Crippen LogP contribution in [0.15, 0.2) is 45.9 Å². The number of nitrogens with zero attached hydrogens (tertiary/aromatic N) is 2. The summed E-state index contributed by atoms with van der Waals surface area (Å²) in [5.74, 6) is 0.523. The molecule has 2 saturated heterocycles. The van der Waals surface area contributed by atoms with E-state index in [0.717, 1.165) is 44.5 Å². The molecular formula is C21H27N3O4S. The highest BCUT2D eigenvalue weighted by atomic mass is 32.2. The van der Waals surface area contributed by atoms with Gasteiger partial charge in [-0.05, 0) is 56.0 Å². The molecule has 2 aliphatic heterocycles. The van der Waals surface area contributed by atoms with Crippen LogP contribution in [0.3, 0.4) is 0 Å². The van der Waals surface area contributed by atoms with E-state index < -0.39 is 10.0 Å². The number of hydrogen-bond acceptors (Lipinski definition) is 5. The Labute approximate surface area is 171 Å². The molecule has 0 bridgehead atoms. The molecule has 2 aliphatic rings. The predicted octanol–water partition coefficient (Wildman–Crippen LogP) is 2.64. The molecule has 1 aromatic carbocycles. The van der Waals surface area contributed by atoms with Gasteiger partial charge in [0.2, 0.25) is 10.0 Å². The molecule has 7 nitrogen and oxygen atoms in total. The number of anilines is 1. The number of rotatable bonds is 7. The van der Waals surface area contributed by atoms with Crippen molar-refractivity contribution in [2.45, 2.75) is 37.0 Å². The fourth-order valence-electron chi connectivity index (χ4n) is 4.00. The van der Waals surface area contributed by atoms with E-state index in [4.69, 9.17) is 4.42 Å². The minimum Gasteiger partial charge on any atom is -0.469 e. The van der Waals surface area contributed by atoms with Gasteiger partial charge in [-0.15, -0.1) is 0 Å². The van der Waals surface area contributed by atoms with Gasteiger partial charge in [0.1, 0.15) is 10.7 Å². The van der Waals surface area contributed by atoms with Gasteiger partial charge >= 0.3 is 0 Å². The number of sulfonamides is 1. The fraction of sp³-hybridized carbons (Fsp3) is 0.476. The second kappa shape index (κ2) is 8.59. The van der Waals surface area contributed by atoms with Crippen molar-refractivity contribution in [2.75, 3.05) is 37.6 Å². The first kappa shape index (κ1) is 20.0. The lowest BCUT2D eigenvalue weighted by Gasteiger charge is -2.24. The first-order valence-corrected chi connectivity index (χ1v) is 11.7. The summed E-state index contributed by atoms with van der Waals surface area (Å²) >= 11 is 0. The first-order valence-electron chi connectivity index (χ1n) is 10.3. The van der Waals surface area contributed by atoms with Crippen molar-refractivity contribution in [3.8, 4) is 0 Å². The second-order valence-electron chi connectivity index (χ2n) is 7.57. The summed E-state index contributed by atoms with van der Waals surface area (Å²) in [6, 6.07) is 8.72. The van der Waals surface area contributed by atoms with E-state index in [1.807, 2.05) is 12.1 Å². The largest absolute Gasteiger partial charge is 0.469 e.